The average molecular weight is 258 g/mol. The van der Waals surface area contributed by atoms with E-state index in [-0.39, 0.29) is 0 Å². The first kappa shape index (κ1) is 22.8. The van der Waals surface area contributed by atoms with Gasteiger partial charge >= 0.3 is 0 Å². The summed E-state index contributed by atoms with van der Waals surface area (Å²) in [6.45, 7) is 19.7. The first-order valence-electron chi connectivity index (χ1n) is 8.02. The van der Waals surface area contributed by atoms with Crippen molar-refractivity contribution in [2.45, 2.75) is 81.3 Å². The fourth-order valence-electron chi connectivity index (χ4n) is 1.63. The summed E-state index contributed by atoms with van der Waals surface area (Å²) in [5, 5.41) is 0. The van der Waals surface area contributed by atoms with Gasteiger partial charge in [-0.05, 0) is 24.7 Å². The lowest BCUT2D eigenvalue weighted by Crippen LogP contribution is -2.14. The molecular formula is C17H38O. The van der Waals surface area contributed by atoms with Crippen molar-refractivity contribution in [3.05, 3.63) is 12.2 Å². The van der Waals surface area contributed by atoms with Crippen LogP contribution in [0.25, 0.3) is 0 Å². The number of ether oxygens (including phenoxy) is 1. The Labute approximate surface area is 117 Å². The van der Waals surface area contributed by atoms with E-state index in [4.69, 9.17) is 4.74 Å². The molecule has 0 bridgehead atoms. The van der Waals surface area contributed by atoms with E-state index in [0.717, 1.165) is 31.3 Å². The Bertz CT molecular complexity index is 152. The Morgan fingerprint density at radius 3 is 1.78 bits per heavy atom. The van der Waals surface area contributed by atoms with Crippen molar-refractivity contribution in [2.75, 3.05) is 6.61 Å². The molecule has 0 aromatic carbocycles. The van der Waals surface area contributed by atoms with Gasteiger partial charge in [0.15, 0.2) is 0 Å². The standard InChI is InChI=1S/C11H20O.3C2H6/c1-4-5-6-7-11-10(3)9(2)8-12-11;3*1-2/h5-6,9-11H,4,7-8H2,1-3H3;3*1-2H3/b6-5+;;;. The highest BCUT2D eigenvalue weighted by molar-refractivity contribution is 4.88. The zero-order valence-corrected chi connectivity index (χ0v) is 14.4. The van der Waals surface area contributed by atoms with Gasteiger partial charge in [0.25, 0.3) is 0 Å². The first-order chi connectivity index (χ1) is 8.75. The van der Waals surface area contributed by atoms with E-state index in [1.165, 1.54) is 0 Å². The van der Waals surface area contributed by atoms with Gasteiger partial charge in [-0.1, -0.05) is 74.5 Å². The molecule has 1 rings (SSSR count). The molecule has 1 aliphatic heterocycles. The van der Waals surface area contributed by atoms with Crippen LogP contribution in [0.5, 0.6) is 0 Å². The van der Waals surface area contributed by atoms with Crippen LogP contribution in [0, 0.1) is 11.8 Å². The summed E-state index contributed by atoms with van der Waals surface area (Å²) in [6.07, 6.45) is 7.18. The lowest BCUT2D eigenvalue weighted by atomic mass is 9.93. The van der Waals surface area contributed by atoms with E-state index in [0.29, 0.717) is 6.10 Å². The van der Waals surface area contributed by atoms with E-state index in [9.17, 15) is 0 Å². The van der Waals surface area contributed by atoms with Crippen LogP contribution in [-0.2, 0) is 4.74 Å². The smallest absolute Gasteiger partial charge is 0.0638 e. The monoisotopic (exact) mass is 258 g/mol. The summed E-state index contributed by atoms with van der Waals surface area (Å²) < 4.78 is 5.67. The minimum absolute atomic E-state index is 0.475. The highest BCUT2D eigenvalue weighted by atomic mass is 16.5. The molecule has 1 fully saturated rings. The van der Waals surface area contributed by atoms with Crippen LogP contribution < -0.4 is 0 Å². The molecule has 0 aromatic rings. The number of rotatable bonds is 3. The Morgan fingerprint density at radius 2 is 1.44 bits per heavy atom. The van der Waals surface area contributed by atoms with Crippen molar-refractivity contribution in [3.63, 3.8) is 0 Å². The van der Waals surface area contributed by atoms with E-state index < -0.39 is 0 Å². The minimum atomic E-state index is 0.475. The highest BCUT2D eigenvalue weighted by Crippen LogP contribution is 2.28. The van der Waals surface area contributed by atoms with Crippen molar-refractivity contribution in [3.8, 4) is 0 Å². The maximum atomic E-state index is 5.67. The van der Waals surface area contributed by atoms with Gasteiger partial charge in [-0.2, -0.15) is 0 Å². The van der Waals surface area contributed by atoms with Crippen LogP contribution in [0.1, 0.15) is 75.2 Å². The van der Waals surface area contributed by atoms with Gasteiger partial charge in [0, 0.05) is 6.61 Å². The van der Waals surface area contributed by atoms with E-state index in [2.05, 4.69) is 32.9 Å². The number of allylic oxidation sites excluding steroid dienone is 1. The first-order valence-corrected chi connectivity index (χ1v) is 8.02. The van der Waals surface area contributed by atoms with Crippen LogP contribution in [0.15, 0.2) is 12.2 Å². The zero-order chi connectivity index (χ0) is 15.0. The molecule has 0 aromatic heterocycles. The normalized spacial score (nSPS) is 25.3. The fraction of sp³-hybridized carbons (Fsp3) is 0.882. The van der Waals surface area contributed by atoms with Gasteiger partial charge in [0.1, 0.15) is 0 Å². The summed E-state index contributed by atoms with van der Waals surface area (Å²) in [5.74, 6) is 1.47. The molecule has 3 unspecified atom stereocenters. The molecule has 1 saturated heterocycles. The number of hydrogen-bond donors (Lipinski definition) is 0. The third-order valence-corrected chi connectivity index (χ3v) is 2.83. The molecule has 0 aliphatic carbocycles. The molecule has 0 saturated carbocycles. The molecule has 1 aliphatic rings. The molecule has 1 heteroatoms. The summed E-state index contributed by atoms with van der Waals surface area (Å²) in [7, 11) is 0. The molecule has 0 amide bonds. The summed E-state index contributed by atoms with van der Waals surface area (Å²) in [6, 6.07) is 0. The zero-order valence-electron chi connectivity index (χ0n) is 14.4. The van der Waals surface area contributed by atoms with E-state index in [1.54, 1.807) is 0 Å². The van der Waals surface area contributed by atoms with Gasteiger partial charge in [-0.25, -0.2) is 0 Å². The largest absolute Gasteiger partial charge is 0.377 e. The Balaban J connectivity index is -0.000000328. The van der Waals surface area contributed by atoms with Gasteiger partial charge in [0.05, 0.1) is 6.10 Å². The van der Waals surface area contributed by atoms with Crippen molar-refractivity contribution in [1.82, 2.24) is 0 Å². The van der Waals surface area contributed by atoms with Gasteiger partial charge in [-0.15, -0.1) is 0 Å². The lowest BCUT2D eigenvalue weighted by Gasteiger charge is -2.13. The van der Waals surface area contributed by atoms with Gasteiger partial charge in [0.2, 0.25) is 0 Å². The second-order valence-electron chi connectivity index (χ2n) is 3.82. The van der Waals surface area contributed by atoms with Gasteiger partial charge in [-0.3, -0.25) is 0 Å². The molecule has 18 heavy (non-hydrogen) atoms. The van der Waals surface area contributed by atoms with Crippen molar-refractivity contribution >= 4 is 0 Å². The second kappa shape index (κ2) is 19.0. The molecular weight excluding hydrogens is 220 g/mol. The van der Waals surface area contributed by atoms with Crippen LogP contribution in [0.4, 0.5) is 0 Å². The molecule has 0 N–H and O–H groups in total. The van der Waals surface area contributed by atoms with Crippen molar-refractivity contribution < 1.29 is 4.74 Å². The average Bonchev–Trinajstić information content (AvgIpc) is 2.78. The maximum Gasteiger partial charge on any atom is 0.0638 e. The fourth-order valence-corrected chi connectivity index (χ4v) is 1.63. The molecule has 3 atom stereocenters. The van der Waals surface area contributed by atoms with Crippen LogP contribution in [-0.4, -0.2) is 12.7 Å². The van der Waals surface area contributed by atoms with E-state index >= 15 is 0 Å². The SMILES string of the molecule is CC.CC.CC.CC/C=C/CC1OCC(C)C1C. The predicted octanol–water partition coefficient (Wildman–Crippen LogP) is 6.09. The number of hydrogen-bond acceptors (Lipinski definition) is 1. The summed E-state index contributed by atoms with van der Waals surface area (Å²) in [5.41, 5.74) is 0. The van der Waals surface area contributed by atoms with E-state index in [1.807, 2.05) is 41.5 Å². The quantitative estimate of drug-likeness (QED) is 0.556. The maximum absolute atomic E-state index is 5.67. The molecule has 1 heterocycles. The van der Waals surface area contributed by atoms with Crippen molar-refractivity contribution in [2.24, 2.45) is 11.8 Å². The topological polar surface area (TPSA) is 9.23 Å². The highest BCUT2D eigenvalue weighted by Gasteiger charge is 2.29. The third kappa shape index (κ3) is 10.8. The molecule has 112 valence electrons. The molecule has 1 nitrogen and oxygen atoms in total. The lowest BCUT2D eigenvalue weighted by molar-refractivity contribution is 0.0957. The van der Waals surface area contributed by atoms with Crippen LogP contribution >= 0.6 is 0 Å². The Morgan fingerprint density at radius 1 is 0.944 bits per heavy atom. The Kier molecular flexibility index (Phi) is 24.2. The third-order valence-electron chi connectivity index (χ3n) is 2.83. The summed E-state index contributed by atoms with van der Waals surface area (Å²) >= 11 is 0. The summed E-state index contributed by atoms with van der Waals surface area (Å²) in [4.78, 5) is 0. The molecule has 0 radical (unpaired) electrons. The van der Waals surface area contributed by atoms with Crippen molar-refractivity contribution in [1.29, 1.82) is 0 Å². The minimum Gasteiger partial charge on any atom is -0.377 e. The molecule has 0 spiro atoms. The van der Waals surface area contributed by atoms with Crippen LogP contribution in [0.3, 0.4) is 0 Å². The van der Waals surface area contributed by atoms with Crippen LogP contribution in [0.2, 0.25) is 0 Å². The van der Waals surface area contributed by atoms with Gasteiger partial charge < -0.3 is 4.74 Å². The Hall–Kier alpha value is -0.300. The second-order valence-corrected chi connectivity index (χ2v) is 3.82. The predicted molar refractivity (Wildman–Crippen MR) is 86.2 cm³/mol.